The first-order valence-electron chi connectivity index (χ1n) is 11.3. The van der Waals surface area contributed by atoms with Gasteiger partial charge in [-0.25, -0.2) is 14.6 Å². The highest BCUT2D eigenvalue weighted by molar-refractivity contribution is 6.09. The summed E-state index contributed by atoms with van der Waals surface area (Å²) in [6, 6.07) is 16.1. The molecule has 0 unspecified atom stereocenters. The normalized spacial score (nSPS) is 10.4. The number of carbonyl (C=O) groups excluding carboxylic acids is 3. The first-order valence-corrected chi connectivity index (χ1v) is 11.3. The largest absolute Gasteiger partial charge is 0.497 e. The van der Waals surface area contributed by atoms with E-state index in [1.165, 1.54) is 45.7 Å². The molecule has 194 valence electrons. The van der Waals surface area contributed by atoms with E-state index in [9.17, 15) is 14.4 Å². The molecule has 0 aliphatic carbocycles. The van der Waals surface area contributed by atoms with E-state index in [0.717, 1.165) is 0 Å². The van der Waals surface area contributed by atoms with Crippen LogP contribution in [0.1, 0.15) is 31.1 Å². The Morgan fingerprint density at radius 3 is 2.11 bits per heavy atom. The van der Waals surface area contributed by atoms with Gasteiger partial charge >= 0.3 is 11.9 Å². The predicted molar refractivity (Wildman–Crippen MR) is 138 cm³/mol. The van der Waals surface area contributed by atoms with Gasteiger partial charge < -0.3 is 28.7 Å². The van der Waals surface area contributed by atoms with E-state index < -0.39 is 17.8 Å². The lowest BCUT2D eigenvalue weighted by Gasteiger charge is -2.11. The van der Waals surface area contributed by atoms with Crippen LogP contribution in [-0.2, 0) is 9.47 Å². The van der Waals surface area contributed by atoms with Gasteiger partial charge in [0, 0.05) is 17.3 Å². The molecule has 1 aromatic heterocycles. The van der Waals surface area contributed by atoms with Crippen LogP contribution in [0.2, 0.25) is 0 Å². The van der Waals surface area contributed by atoms with Crippen LogP contribution in [0.25, 0.3) is 22.8 Å². The Hall–Kier alpha value is -5.12. The van der Waals surface area contributed by atoms with E-state index >= 15 is 0 Å². The second-order valence-corrected chi connectivity index (χ2v) is 7.88. The summed E-state index contributed by atoms with van der Waals surface area (Å²) in [5.74, 6) is -0.0598. The molecule has 0 fully saturated rings. The fraction of sp³-hybridized carbons (Fsp3) is 0.143. The summed E-state index contributed by atoms with van der Waals surface area (Å²) in [4.78, 5) is 41.9. The number of oxazole rings is 1. The lowest BCUT2D eigenvalue weighted by Crippen LogP contribution is -2.15. The average molecular weight is 517 g/mol. The van der Waals surface area contributed by atoms with Crippen LogP contribution in [0.5, 0.6) is 11.5 Å². The first kappa shape index (κ1) is 26.0. The molecule has 4 rings (SSSR count). The van der Waals surface area contributed by atoms with Crippen LogP contribution in [0.3, 0.4) is 0 Å². The maximum atomic E-state index is 13.3. The second kappa shape index (κ2) is 11.3. The van der Waals surface area contributed by atoms with Gasteiger partial charge in [-0.1, -0.05) is 12.1 Å². The molecule has 1 N–H and O–H groups in total. The number of hydrogen-bond acceptors (Lipinski definition) is 9. The number of nitrogens with one attached hydrogen (secondary N) is 1. The van der Waals surface area contributed by atoms with Gasteiger partial charge in [-0.3, -0.25) is 4.79 Å². The highest BCUT2D eigenvalue weighted by atomic mass is 16.5. The smallest absolute Gasteiger partial charge is 0.337 e. The number of benzene rings is 3. The minimum absolute atomic E-state index is 0.0739. The number of ether oxygens (including phenoxy) is 4. The molecule has 1 heterocycles. The molecule has 10 nitrogen and oxygen atoms in total. The number of hydrogen-bond donors (Lipinski definition) is 1. The van der Waals surface area contributed by atoms with Gasteiger partial charge in [0.1, 0.15) is 11.5 Å². The number of nitrogens with zero attached hydrogens (tertiary/aromatic N) is 1. The lowest BCUT2D eigenvalue weighted by atomic mass is 10.1. The number of amides is 1. The second-order valence-electron chi connectivity index (χ2n) is 7.88. The van der Waals surface area contributed by atoms with E-state index in [-0.39, 0.29) is 28.3 Å². The van der Waals surface area contributed by atoms with Gasteiger partial charge in [-0.15, -0.1) is 0 Å². The number of carbonyl (C=O) groups is 3. The van der Waals surface area contributed by atoms with Crippen molar-refractivity contribution in [2.24, 2.45) is 0 Å². The fourth-order valence-electron chi connectivity index (χ4n) is 3.76. The van der Waals surface area contributed by atoms with Crippen molar-refractivity contribution in [3.8, 4) is 34.3 Å². The molecule has 0 aliphatic heterocycles. The summed E-state index contributed by atoms with van der Waals surface area (Å²) in [6.07, 6.45) is 1.54. The molecule has 4 aromatic rings. The number of rotatable bonds is 8. The van der Waals surface area contributed by atoms with Gasteiger partial charge in [0.2, 0.25) is 5.89 Å². The van der Waals surface area contributed by atoms with E-state index in [1.54, 1.807) is 49.6 Å². The topological polar surface area (TPSA) is 126 Å². The highest BCUT2D eigenvalue weighted by Gasteiger charge is 2.20. The minimum atomic E-state index is -0.673. The zero-order valence-corrected chi connectivity index (χ0v) is 21.1. The standard InChI is InChI=1S/C28H24N2O8/c1-34-19-9-10-22(23(14-19)35-2)24-15-29-26(38-24)21-8-6-5-7-20(21)25(31)30-18-12-16(27(32)36-3)11-17(13-18)28(33)37-4/h5-15H,1-4H3,(H,30,31). The van der Waals surface area contributed by atoms with Crippen molar-refractivity contribution in [2.45, 2.75) is 0 Å². The van der Waals surface area contributed by atoms with E-state index in [2.05, 4.69) is 10.3 Å². The molecule has 0 saturated heterocycles. The van der Waals surface area contributed by atoms with Gasteiger partial charge in [-0.2, -0.15) is 0 Å². The van der Waals surface area contributed by atoms with Crippen LogP contribution in [0, 0.1) is 0 Å². The Bertz CT molecular complexity index is 1470. The van der Waals surface area contributed by atoms with Crippen molar-refractivity contribution in [3.05, 3.63) is 83.6 Å². The Morgan fingerprint density at radius 2 is 1.47 bits per heavy atom. The minimum Gasteiger partial charge on any atom is -0.497 e. The molecule has 0 atom stereocenters. The molecule has 0 bridgehead atoms. The van der Waals surface area contributed by atoms with Crippen molar-refractivity contribution in [3.63, 3.8) is 0 Å². The molecule has 0 aliphatic rings. The molecular formula is C28H24N2O8. The molecular weight excluding hydrogens is 492 g/mol. The predicted octanol–water partition coefficient (Wildman–Crippen LogP) is 4.85. The molecule has 0 spiro atoms. The molecule has 10 heteroatoms. The van der Waals surface area contributed by atoms with E-state index in [1.807, 2.05) is 0 Å². The molecule has 0 saturated carbocycles. The van der Waals surface area contributed by atoms with E-state index in [4.69, 9.17) is 23.4 Å². The Labute approximate surface area is 218 Å². The van der Waals surface area contributed by atoms with Gasteiger partial charge in [-0.05, 0) is 42.5 Å². The first-order chi connectivity index (χ1) is 18.4. The third kappa shape index (κ3) is 5.34. The highest BCUT2D eigenvalue weighted by Crippen LogP contribution is 2.36. The Balaban J connectivity index is 1.67. The van der Waals surface area contributed by atoms with Gasteiger partial charge in [0.05, 0.1) is 56.9 Å². The summed E-state index contributed by atoms with van der Waals surface area (Å²) in [5.41, 5.74) is 1.69. The Kier molecular flexibility index (Phi) is 7.72. The quantitative estimate of drug-likeness (QED) is 0.327. The van der Waals surface area contributed by atoms with E-state index in [0.29, 0.717) is 28.4 Å². The third-order valence-corrected chi connectivity index (χ3v) is 5.62. The summed E-state index contributed by atoms with van der Waals surface area (Å²) in [6.45, 7) is 0. The third-order valence-electron chi connectivity index (χ3n) is 5.62. The average Bonchev–Trinajstić information content (AvgIpc) is 3.45. The van der Waals surface area contributed by atoms with Crippen LogP contribution < -0.4 is 14.8 Å². The van der Waals surface area contributed by atoms with Crippen LogP contribution in [0.15, 0.2) is 71.3 Å². The zero-order chi connectivity index (χ0) is 27.2. The lowest BCUT2D eigenvalue weighted by molar-refractivity contribution is 0.0598. The van der Waals surface area contributed by atoms with Gasteiger partial charge in [0.25, 0.3) is 5.91 Å². The molecule has 0 radical (unpaired) electrons. The van der Waals surface area contributed by atoms with Crippen molar-refractivity contribution >= 4 is 23.5 Å². The van der Waals surface area contributed by atoms with Crippen molar-refractivity contribution in [1.82, 2.24) is 4.98 Å². The summed E-state index contributed by atoms with van der Waals surface area (Å²) >= 11 is 0. The maximum absolute atomic E-state index is 13.3. The fourth-order valence-corrected chi connectivity index (χ4v) is 3.76. The molecule has 3 aromatic carbocycles. The zero-order valence-electron chi connectivity index (χ0n) is 21.1. The number of esters is 2. The van der Waals surface area contributed by atoms with Crippen LogP contribution in [0.4, 0.5) is 5.69 Å². The van der Waals surface area contributed by atoms with Crippen molar-refractivity contribution < 1.29 is 37.7 Å². The van der Waals surface area contributed by atoms with Gasteiger partial charge in [0.15, 0.2) is 5.76 Å². The summed E-state index contributed by atoms with van der Waals surface area (Å²) < 4.78 is 26.2. The number of methoxy groups -OCH3 is 4. The van der Waals surface area contributed by atoms with Crippen LogP contribution >= 0.6 is 0 Å². The number of aromatic nitrogens is 1. The number of anilines is 1. The molecule has 1 amide bonds. The SMILES string of the molecule is COC(=O)c1cc(NC(=O)c2ccccc2-c2ncc(-c3ccc(OC)cc3OC)o2)cc(C(=O)OC)c1. The van der Waals surface area contributed by atoms with Crippen molar-refractivity contribution in [2.75, 3.05) is 33.8 Å². The van der Waals surface area contributed by atoms with Crippen molar-refractivity contribution in [1.29, 1.82) is 0 Å². The van der Waals surface area contributed by atoms with Crippen LogP contribution in [-0.4, -0.2) is 51.3 Å². The maximum Gasteiger partial charge on any atom is 0.337 e. The Morgan fingerprint density at radius 1 is 0.789 bits per heavy atom. The summed E-state index contributed by atoms with van der Waals surface area (Å²) in [5, 5.41) is 2.72. The molecule has 38 heavy (non-hydrogen) atoms. The monoisotopic (exact) mass is 516 g/mol. The summed E-state index contributed by atoms with van der Waals surface area (Å²) in [7, 11) is 5.53.